The summed E-state index contributed by atoms with van der Waals surface area (Å²) in [7, 11) is 0. The van der Waals surface area contributed by atoms with E-state index in [0.29, 0.717) is 50.3 Å². The van der Waals surface area contributed by atoms with Gasteiger partial charge in [0.25, 0.3) is 0 Å². The smallest absolute Gasteiger partial charge is 0.410 e. The van der Waals surface area contributed by atoms with Gasteiger partial charge in [-0.2, -0.15) is 0 Å². The molecule has 0 radical (unpaired) electrons. The summed E-state index contributed by atoms with van der Waals surface area (Å²) < 4.78 is 22.8. The molecule has 2 aromatic rings. The van der Waals surface area contributed by atoms with Crippen LogP contribution in [-0.2, 0) is 15.9 Å². The highest BCUT2D eigenvalue weighted by Crippen LogP contribution is 2.29. The molecule has 1 saturated heterocycles. The van der Waals surface area contributed by atoms with Gasteiger partial charge in [0.05, 0.1) is 25.0 Å². The van der Waals surface area contributed by atoms with Crippen LogP contribution in [0.15, 0.2) is 24.7 Å². The molecule has 0 N–H and O–H groups in total. The average molecular weight is 469 g/mol. The van der Waals surface area contributed by atoms with Crippen LogP contribution in [0.1, 0.15) is 51.8 Å². The van der Waals surface area contributed by atoms with Crippen LogP contribution in [0.4, 0.5) is 4.79 Å². The molecule has 34 heavy (non-hydrogen) atoms. The van der Waals surface area contributed by atoms with E-state index in [1.54, 1.807) is 11.1 Å². The van der Waals surface area contributed by atoms with Crippen molar-refractivity contribution in [2.75, 3.05) is 19.7 Å². The van der Waals surface area contributed by atoms with Gasteiger partial charge in [-0.3, -0.25) is 4.98 Å². The van der Waals surface area contributed by atoms with Crippen molar-refractivity contribution in [1.29, 1.82) is 0 Å². The van der Waals surface area contributed by atoms with Gasteiger partial charge in [-0.15, -0.1) is 6.42 Å². The van der Waals surface area contributed by atoms with Gasteiger partial charge in [-0.1, -0.05) is 5.92 Å². The maximum absolute atomic E-state index is 12.1. The number of likely N-dealkylation sites (tertiary alicyclic amines) is 1. The summed E-state index contributed by atoms with van der Waals surface area (Å²) in [6.07, 6.45) is 10.3. The van der Waals surface area contributed by atoms with Crippen molar-refractivity contribution < 1.29 is 23.7 Å². The number of carbonyl (C=O) groups excluding carboxylic acids is 1. The number of hydrogen-bond acceptors (Lipinski definition) is 8. The van der Waals surface area contributed by atoms with Crippen LogP contribution in [0.2, 0.25) is 0 Å². The third-order valence-corrected chi connectivity index (χ3v) is 5.06. The van der Waals surface area contributed by atoms with Crippen molar-refractivity contribution in [3.8, 4) is 29.9 Å². The molecule has 1 aliphatic heterocycles. The number of carbonyl (C=O) groups is 1. The van der Waals surface area contributed by atoms with Gasteiger partial charge < -0.3 is 23.8 Å². The Kier molecular flexibility index (Phi) is 9.05. The zero-order chi connectivity index (χ0) is 24.5. The topological polar surface area (TPSA) is 95.9 Å². The van der Waals surface area contributed by atoms with Gasteiger partial charge in [0.2, 0.25) is 11.8 Å². The molecule has 3 rings (SSSR count). The Morgan fingerprint density at radius 1 is 1.12 bits per heavy atom. The molecule has 9 heteroatoms. The molecule has 0 bridgehead atoms. The quantitative estimate of drug-likeness (QED) is 0.510. The largest absolute Gasteiger partial charge is 0.473 e. The van der Waals surface area contributed by atoms with E-state index in [1.807, 2.05) is 39.8 Å². The fourth-order valence-electron chi connectivity index (χ4n) is 3.36. The molecule has 3 heterocycles. The summed E-state index contributed by atoms with van der Waals surface area (Å²) >= 11 is 0. The summed E-state index contributed by atoms with van der Waals surface area (Å²) in [5.74, 6) is 3.59. The van der Waals surface area contributed by atoms with E-state index < -0.39 is 0 Å². The number of terminal acetylenes is 1. The third-order valence-electron chi connectivity index (χ3n) is 5.06. The first-order valence-electron chi connectivity index (χ1n) is 11.5. The molecular weight excluding hydrogens is 436 g/mol. The molecule has 0 aromatic carbocycles. The molecule has 9 nitrogen and oxygen atoms in total. The molecule has 0 spiro atoms. The first-order valence-corrected chi connectivity index (χ1v) is 11.5. The Labute approximate surface area is 200 Å². The van der Waals surface area contributed by atoms with Crippen LogP contribution >= 0.6 is 0 Å². The SMILES string of the molecule is C#Cc1c(Oc2ccc(CCOC(C)C)nc2)ncnc1OC1CCN(C(=O)OC(C)C)CC1. The van der Waals surface area contributed by atoms with Gasteiger partial charge in [0.1, 0.15) is 23.7 Å². The Bertz CT molecular complexity index is 980. The average Bonchev–Trinajstić information content (AvgIpc) is 2.80. The fourth-order valence-corrected chi connectivity index (χ4v) is 3.36. The summed E-state index contributed by atoms with van der Waals surface area (Å²) in [6.45, 7) is 9.34. The highest BCUT2D eigenvalue weighted by atomic mass is 16.6. The molecule has 0 atom stereocenters. The fraction of sp³-hybridized carbons (Fsp3) is 0.520. The molecule has 0 aliphatic carbocycles. The monoisotopic (exact) mass is 468 g/mol. The standard InChI is InChI=1S/C25H32N4O5/c1-6-22-23(33-20-9-12-29(13-10-20)25(30)32-18(4)5)27-16-28-24(22)34-21-8-7-19(26-15-21)11-14-31-17(2)3/h1,7-8,15-18,20H,9-14H2,2-5H3. The summed E-state index contributed by atoms with van der Waals surface area (Å²) in [6, 6.07) is 3.69. The number of pyridine rings is 1. The number of ether oxygens (including phenoxy) is 4. The van der Waals surface area contributed by atoms with Gasteiger partial charge in [-0.05, 0) is 39.8 Å². The van der Waals surface area contributed by atoms with Crippen molar-refractivity contribution >= 4 is 6.09 Å². The number of aromatic nitrogens is 3. The highest BCUT2D eigenvalue weighted by molar-refractivity contribution is 5.67. The van der Waals surface area contributed by atoms with E-state index in [9.17, 15) is 4.79 Å². The third kappa shape index (κ3) is 7.32. The van der Waals surface area contributed by atoms with Gasteiger partial charge in [-0.25, -0.2) is 14.8 Å². The summed E-state index contributed by atoms with van der Waals surface area (Å²) in [4.78, 5) is 26.6. The van der Waals surface area contributed by atoms with Crippen LogP contribution in [0.3, 0.4) is 0 Å². The highest BCUT2D eigenvalue weighted by Gasteiger charge is 2.27. The Hall–Kier alpha value is -3.38. The molecule has 1 amide bonds. The minimum atomic E-state index is -0.303. The molecule has 1 fully saturated rings. The van der Waals surface area contributed by atoms with Crippen molar-refractivity contribution in [1.82, 2.24) is 19.9 Å². The Morgan fingerprint density at radius 3 is 2.47 bits per heavy atom. The number of piperidine rings is 1. The second kappa shape index (κ2) is 12.2. The minimum absolute atomic E-state index is 0.132. The first kappa shape index (κ1) is 25.2. The molecule has 2 aromatic heterocycles. The van der Waals surface area contributed by atoms with E-state index in [0.717, 1.165) is 5.69 Å². The van der Waals surface area contributed by atoms with E-state index in [-0.39, 0.29) is 36.2 Å². The lowest BCUT2D eigenvalue weighted by Crippen LogP contribution is -2.42. The lowest BCUT2D eigenvalue weighted by atomic mass is 10.1. The number of amides is 1. The predicted octanol–water partition coefficient (Wildman–Crippen LogP) is 4.00. The minimum Gasteiger partial charge on any atom is -0.473 e. The van der Waals surface area contributed by atoms with Crippen LogP contribution < -0.4 is 9.47 Å². The van der Waals surface area contributed by atoms with E-state index in [4.69, 9.17) is 25.4 Å². The summed E-state index contributed by atoms with van der Waals surface area (Å²) in [5, 5.41) is 0. The number of hydrogen-bond donors (Lipinski definition) is 0. The van der Waals surface area contributed by atoms with Gasteiger partial charge in [0, 0.05) is 38.0 Å². The maximum atomic E-state index is 12.1. The van der Waals surface area contributed by atoms with Crippen LogP contribution in [0.25, 0.3) is 0 Å². The number of rotatable bonds is 9. The van der Waals surface area contributed by atoms with Gasteiger partial charge >= 0.3 is 6.09 Å². The number of nitrogens with zero attached hydrogens (tertiary/aromatic N) is 4. The lowest BCUT2D eigenvalue weighted by Gasteiger charge is -2.31. The van der Waals surface area contributed by atoms with E-state index >= 15 is 0 Å². The zero-order valence-electron chi connectivity index (χ0n) is 20.2. The molecule has 0 unspecified atom stereocenters. The zero-order valence-corrected chi connectivity index (χ0v) is 20.2. The lowest BCUT2D eigenvalue weighted by molar-refractivity contribution is 0.0506. The normalized spacial score (nSPS) is 14.2. The van der Waals surface area contributed by atoms with Crippen LogP contribution in [-0.4, -0.2) is 64.0 Å². The maximum Gasteiger partial charge on any atom is 0.410 e. The van der Waals surface area contributed by atoms with Crippen LogP contribution in [0, 0.1) is 12.3 Å². The van der Waals surface area contributed by atoms with Gasteiger partial charge in [0.15, 0.2) is 0 Å². The van der Waals surface area contributed by atoms with Crippen molar-refractivity contribution in [3.63, 3.8) is 0 Å². The second-order valence-corrected chi connectivity index (χ2v) is 8.50. The second-order valence-electron chi connectivity index (χ2n) is 8.50. The van der Waals surface area contributed by atoms with Crippen molar-refractivity contribution in [2.45, 2.75) is 65.3 Å². The van der Waals surface area contributed by atoms with E-state index in [1.165, 1.54) is 6.33 Å². The predicted molar refractivity (Wildman–Crippen MR) is 126 cm³/mol. The van der Waals surface area contributed by atoms with Crippen LogP contribution in [0.5, 0.6) is 17.5 Å². The molecular formula is C25H32N4O5. The molecule has 0 saturated carbocycles. The van der Waals surface area contributed by atoms with E-state index in [2.05, 4.69) is 20.9 Å². The molecule has 182 valence electrons. The van der Waals surface area contributed by atoms with Crippen molar-refractivity contribution in [2.24, 2.45) is 0 Å². The first-order chi connectivity index (χ1) is 16.4. The Morgan fingerprint density at radius 2 is 1.85 bits per heavy atom. The molecule has 1 aliphatic rings. The van der Waals surface area contributed by atoms with Crippen molar-refractivity contribution in [3.05, 3.63) is 35.9 Å². The Balaban J connectivity index is 1.59. The summed E-state index contributed by atoms with van der Waals surface area (Å²) in [5.41, 5.74) is 1.24.